The Bertz CT molecular complexity index is 405. The summed E-state index contributed by atoms with van der Waals surface area (Å²) in [6, 6.07) is 0. The maximum atomic E-state index is 11.1. The average Bonchev–Trinajstić information content (AvgIpc) is 2.60. The molecule has 1 aliphatic rings. The Labute approximate surface area is 107 Å². The summed E-state index contributed by atoms with van der Waals surface area (Å²) in [6.07, 6.45) is 4.65. The number of halogens is 1. The minimum atomic E-state index is -0.907. The highest BCUT2D eigenvalue weighted by Gasteiger charge is 2.27. The van der Waals surface area contributed by atoms with Crippen LogP contribution in [0.1, 0.15) is 53.9 Å². The molecule has 2 rings (SSSR count). The van der Waals surface area contributed by atoms with Gasteiger partial charge in [-0.2, -0.15) is 0 Å². The molecule has 5 heteroatoms. The minimum Gasteiger partial charge on any atom is -0.476 e. The van der Waals surface area contributed by atoms with Crippen LogP contribution in [0.3, 0.4) is 0 Å². The third kappa shape index (κ3) is 2.46. The van der Waals surface area contributed by atoms with E-state index in [1.54, 1.807) is 0 Å². The number of nitrogens with zero attached hydrogens (tertiary/aromatic N) is 1. The second-order valence-corrected chi connectivity index (χ2v) is 6.76. The van der Waals surface area contributed by atoms with E-state index in [9.17, 15) is 4.79 Å². The van der Waals surface area contributed by atoms with E-state index < -0.39 is 5.97 Å². The number of rotatable bonds is 2. The topological polar surface area (TPSA) is 50.2 Å². The van der Waals surface area contributed by atoms with Gasteiger partial charge in [-0.3, -0.25) is 0 Å². The van der Waals surface area contributed by atoms with Gasteiger partial charge in [-0.15, -0.1) is 11.3 Å². The molecule has 3 nitrogen and oxygen atoms in total. The fourth-order valence-electron chi connectivity index (χ4n) is 2.41. The fraction of sp³-hybridized carbons (Fsp3) is 0.636. The van der Waals surface area contributed by atoms with Crippen LogP contribution in [0.4, 0.5) is 0 Å². The summed E-state index contributed by atoms with van der Waals surface area (Å²) >= 11 is 4.75. The molecule has 0 aliphatic heterocycles. The largest absolute Gasteiger partial charge is 0.476 e. The number of carbonyl (C=O) groups is 1. The first-order chi connectivity index (χ1) is 7.58. The predicted molar refractivity (Wildman–Crippen MR) is 67.1 cm³/mol. The van der Waals surface area contributed by atoms with Crippen molar-refractivity contribution in [1.82, 2.24) is 4.98 Å². The molecule has 0 radical (unpaired) electrons. The molecular formula is C11H14BrNO2S. The van der Waals surface area contributed by atoms with E-state index in [-0.39, 0.29) is 5.69 Å². The lowest BCUT2D eigenvalue weighted by Crippen LogP contribution is -2.13. The molecule has 1 fully saturated rings. The van der Waals surface area contributed by atoms with Gasteiger partial charge in [-0.1, -0.05) is 19.8 Å². The molecule has 0 amide bonds. The van der Waals surface area contributed by atoms with E-state index >= 15 is 0 Å². The van der Waals surface area contributed by atoms with E-state index in [0.717, 1.165) is 17.7 Å². The maximum Gasteiger partial charge on any atom is 0.355 e. The van der Waals surface area contributed by atoms with E-state index in [4.69, 9.17) is 5.11 Å². The van der Waals surface area contributed by atoms with Crippen LogP contribution in [0.15, 0.2) is 3.92 Å². The van der Waals surface area contributed by atoms with Crippen molar-refractivity contribution in [1.29, 1.82) is 0 Å². The Kier molecular flexibility index (Phi) is 3.64. The van der Waals surface area contributed by atoms with Gasteiger partial charge in [0.2, 0.25) is 0 Å². The monoisotopic (exact) mass is 303 g/mol. The third-order valence-corrected chi connectivity index (χ3v) is 4.81. The van der Waals surface area contributed by atoms with Crippen molar-refractivity contribution in [3.63, 3.8) is 0 Å². The SMILES string of the molecule is CC1CCCC(c2sc(Br)nc2C(=O)O)C1. The molecule has 16 heavy (non-hydrogen) atoms. The van der Waals surface area contributed by atoms with Crippen molar-refractivity contribution in [2.75, 3.05) is 0 Å². The third-order valence-electron chi connectivity index (χ3n) is 3.14. The Morgan fingerprint density at radius 3 is 2.94 bits per heavy atom. The quantitative estimate of drug-likeness (QED) is 0.901. The lowest BCUT2D eigenvalue weighted by Gasteiger charge is -2.25. The molecule has 88 valence electrons. The number of hydrogen-bond acceptors (Lipinski definition) is 3. The highest BCUT2D eigenvalue weighted by molar-refractivity contribution is 9.11. The summed E-state index contributed by atoms with van der Waals surface area (Å²) in [4.78, 5) is 16.1. The zero-order valence-electron chi connectivity index (χ0n) is 9.07. The van der Waals surface area contributed by atoms with Gasteiger partial charge in [0.1, 0.15) is 0 Å². The summed E-state index contributed by atoms with van der Waals surface area (Å²) in [5.41, 5.74) is 0.246. The lowest BCUT2D eigenvalue weighted by atomic mass is 9.81. The summed E-state index contributed by atoms with van der Waals surface area (Å²) in [5.74, 6) is 0.176. The van der Waals surface area contributed by atoms with Crippen LogP contribution < -0.4 is 0 Å². The smallest absolute Gasteiger partial charge is 0.355 e. The van der Waals surface area contributed by atoms with Gasteiger partial charge in [-0.25, -0.2) is 9.78 Å². The van der Waals surface area contributed by atoms with Crippen LogP contribution >= 0.6 is 27.3 Å². The Balaban J connectivity index is 2.28. The number of carboxylic acids is 1. The van der Waals surface area contributed by atoms with Crippen LogP contribution in [0, 0.1) is 5.92 Å². The average molecular weight is 304 g/mol. The van der Waals surface area contributed by atoms with Gasteiger partial charge in [0.15, 0.2) is 9.61 Å². The summed E-state index contributed by atoms with van der Waals surface area (Å²) < 4.78 is 0.679. The predicted octanol–water partition coefficient (Wildman–Crippen LogP) is 3.90. The highest BCUT2D eigenvalue weighted by atomic mass is 79.9. The standard InChI is InChI=1S/C11H14BrNO2S/c1-6-3-2-4-7(5-6)9-8(10(14)15)13-11(12)16-9/h6-7H,2-5H2,1H3,(H,14,15). The molecule has 2 atom stereocenters. The number of aromatic nitrogens is 1. The van der Waals surface area contributed by atoms with Gasteiger partial charge < -0.3 is 5.11 Å². The maximum absolute atomic E-state index is 11.1. The molecule has 0 bridgehead atoms. The van der Waals surface area contributed by atoms with Crippen LogP contribution in [0.2, 0.25) is 0 Å². The Hall–Kier alpha value is -0.420. The van der Waals surface area contributed by atoms with Crippen LogP contribution in [0.5, 0.6) is 0 Å². The first kappa shape index (κ1) is 12.0. The summed E-state index contributed by atoms with van der Waals surface area (Å²) in [7, 11) is 0. The van der Waals surface area contributed by atoms with E-state index in [2.05, 4.69) is 27.8 Å². The first-order valence-corrected chi connectivity index (χ1v) is 7.08. The Morgan fingerprint density at radius 2 is 2.31 bits per heavy atom. The second-order valence-electron chi connectivity index (χ2n) is 4.45. The van der Waals surface area contributed by atoms with Gasteiger partial charge in [-0.05, 0) is 40.6 Å². The zero-order valence-corrected chi connectivity index (χ0v) is 11.5. The molecule has 0 spiro atoms. The Morgan fingerprint density at radius 1 is 1.56 bits per heavy atom. The first-order valence-electron chi connectivity index (χ1n) is 5.47. The molecular weight excluding hydrogens is 290 g/mol. The van der Waals surface area contributed by atoms with Gasteiger partial charge in [0.25, 0.3) is 0 Å². The molecule has 0 saturated heterocycles. The van der Waals surface area contributed by atoms with Crippen LogP contribution in [0.25, 0.3) is 0 Å². The number of hydrogen-bond donors (Lipinski definition) is 1. The molecule has 1 aliphatic carbocycles. The highest BCUT2D eigenvalue weighted by Crippen LogP contribution is 2.40. The van der Waals surface area contributed by atoms with Crippen molar-refractivity contribution in [3.8, 4) is 0 Å². The van der Waals surface area contributed by atoms with Gasteiger partial charge in [0.05, 0.1) is 0 Å². The van der Waals surface area contributed by atoms with Crippen molar-refractivity contribution in [3.05, 3.63) is 14.5 Å². The normalized spacial score (nSPS) is 25.6. The molecule has 1 saturated carbocycles. The molecule has 1 aromatic heterocycles. The van der Waals surface area contributed by atoms with E-state index in [1.807, 2.05) is 0 Å². The van der Waals surface area contributed by atoms with E-state index in [1.165, 1.54) is 24.2 Å². The van der Waals surface area contributed by atoms with Crippen molar-refractivity contribution >= 4 is 33.2 Å². The molecule has 0 aromatic carbocycles. The van der Waals surface area contributed by atoms with Gasteiger partial charge in [0, 0.05) is 4.88 Å². The summed E-state index contributed by atoms with van der Waals surface area (Å²) in [5, 5.41) is 9.10. The minimum absolute atomic E-state index is 0.246. The molecule has 1 heterocycles. The number of aromatic carboxylic acids is 1. The van der Waals surface area contributed by atoms with Gasteiger partial charge >= 0.3 is 5.97 Å². The van der Waals surface area contributed by atoms with Crippen LogP contribution in [-0.2, 0) is 0 Å². The van der Waals surface area contributed by atoms with E-state index in [0.29, 0.717) is 15.8 Å². The summed E-state index contributed by atoms with van der Waals surface area (Å²) in [6.45, 7) is 2.24. The molecule has 1 N–H and O–H groups in total. The number of carboxylic acid groups (broad SMARTS) is 1. The molecule has 2 unspecified atom stereocenters. The number of thiazole rings is 1. The molecule has 1 aromatic rings. The second kappa shape index (κ2) is 4.84. The van der Waals surface area contributed by atoms with Crippen molar-refractivity contribution < 1.29 is 9.90 Å². The fourth-order valence-corrected chi connectivity index (χ4v) is 4.04. The van der Waals surface area contributed by atoms with Crippen molar-refractivity contribution in [2.45, 2.75) is 38.5 Å². The zero-order chi connectivity index (χ0) is 11.7. The van der Waals surface area contributed by atoms with Crippen molar-refractivity contribution in [2.24, 2.45) is 5.92 Å². The lowest BCUT2D eigenvalue weighted by molar-refractivity contribution is 0.0689. The van der Waals surface area contributed by atoms with Crippen LogP contribution in [-0.4, -0.2) is 16.1 Å².